The van der Waals surface area contributed by atoms with Gasteiger partial charge in [0.2, 0.25) is 0 Å². The number of nitrogens with zero attached hydrogens (tertiary/aromatic N) is 1. The molecule has 6 unspecified atom stereocenters. The van der Waals surface area contributed by atoms with Crippen molar-refractivity contribution in [2.45, 2.75) is 112 Å². The van der Waals surface area contributed by atoms with Crippen LogP contribution in [0.25, 0.3) is 0 Å². The summed E-state index contributed by atoms with van der Waals surface area (Å²) in [7, 11) is 0. The molecule has 0 aromatic heterocycles. The SMILES string of the molecule is C=C(C)[C@@H]1CCC2(C=NO)CC[C@]3(C)C(CCC4[C@@]5(C)CCC(O)C(C)(C)C5CC[C@]43C)C12. The molecule has 0 heterocycles. The number of aliphatic hydroxyl groups excluding tert-OH is 1. The van der Waals surface area contributed by atoms with E-state index in [4.69, 9.17) is 0 Å². The summed E-state index contributed by atoms with van der Waals surface area (Å²) < 4.78 is 0. The third kappa shape index (κ3) is 2.87. The third-order valence-corrected chi connectivity index (χ3v) is 13.4. The molecule has 0 aliphatic heterocycles. The maximum Gasteiger partial charge on any atom is 0.0594 e. The van der Waals surface area contributed by atoms with Gasteiger partial charge in [0.05, 0.1) is 12.3 Å². The summed E-state index contributed by atoms with van der Waals surface area (Å²) in [5.41, 5.74) is 2.40. The molecule has 5 aliphatic carbocycles. The molecule has 3 heteroatoms. The summed E-state index contributed by atoms with van der Waals surface area (Å²) in [4.78, 5) is 0. The van der Waals surface area contributed by atoms with Gasteiger partial charge in [0.25, 0.3) is 0 Å². The van der Waals surface area contributed by atoms with Crippen LogP contribution in [-0.2, 0) is 0 Å². The molecule has 3 nitrogen and oxygen atoms in total. The zero-order valence-corrected chi connectivity index (χ0v) is 22.2. The lowest BCUT2D eigenvalue weighted by Gasteiger charge is -2.72. The van der Waals surface area contributed by atoms with Crippen molar-refractivity contribution in [1.82, 2.24) is 0 Å². The molecular formula is C30H49NO2. The second-order valence-corrected chi connectivity index (χ2v) is 14.5. The summed E-state index contributed by atoms with van der Waals surface area (Å²) in [6, 6.07) is 0. The minimum Gasteiger partial charge on any atom is -0.411 e. The molecule has 0 saturated heterocycles. The van der Waals surface area contributed by atoms with Crippen molar-refractivity contribution >= 4 is 6.21 Å². The van der Waals surface area contributed by atoms with E-state index >= 15 is 0 Å². The Kier molecular flexibility index (Phi) is 5.31. The van der Waals surface area contributed by atoms with Crippen LogP contribution in [0.4, 0.5) is 0 Å². The molecule has 0 bridgehead atoms. The molecular weight excluding hydrogens is 406 g/mol. The van der Waals surface area contributed by atoms with Crippen molar-refractivity contribution in [2.24, 2.45) is 61.8 Å². The summed E-state index contributed by atoms with van der Waals surface area (Å²) in [6.45, 7) is 19.3. The van der Waals surface area contributed by atoms with Gasteiger partial charge in [-0.25, -0.2) is 0 Å². The van der Waals surface area contributed by atoms with Crippen LogP contribution in [-0.4, -0.2) is 22.6 Å². The van der Waals surface area contributed by atoms with E-state index in [9.17, 15) is 10.3 Å². The summed E-state index contributed by atoms with van der Waals surface area (Å²) in [5.74, 6) is 3.16. The average molecular weight is 456 g/mol. The van der Waals surface area contributed by atoms with Gasteiger partial charge < -0.3 is 10.3 Å². The first-order valence-electron chi connectivity index (χ1n) is 13.9. The second-order valence-electron chi connectivity index (χ2n) is 14.5. The van der Waals surface area contributed by atoms with Crippen molar-refractivity contribution in [3.05, 3.63) is 12.2 Å². The van der Waals surface area contributed by atoms with Gasteiger partial charge in [0, 0.05) is 5.41 Å². The molecule has 186 valence electrons. The van der Waals surface area contributed by atoms with Crippen LogP contribution in [0.5, 0.6) is 0 Å². The van der Waals surface area contributed by atoms with E-state index in [0.29, 0.717) is 39.9 Å². The van der Waals surface area contributed by atoms with E-state index < -0.39 is 0 Å². The Labute approximate surface area is 202 Å². The molecule has 0 aromatic carbocycles. The lowest BCUT2D eigenvalue weighted by Crippen LogP contribution is -2.66. The van der Waals surface area contributed by atoms with Crippen LogP contribution in [0.1, 0.15) is 106 Å². The molecule has 5 aliphatic rings. The van der Waals surface area contributed by atoms with Crippen LogP contribution in [0.15, 0.2) is 17.3 Å². The van der Waals surface area contributed by atoms with E-state index in [1.165, 1.54) is 50.5 Å². The number of hydrogen-bond acceptors (Lipinski definition) is 3. The fraction of sp³-hybridized carbons (Fsp3) is 0.900. The largest absolute Gasteiger partial charge is 0.411 e. The number of oxime groups is 1. The van der Waals surface area contributed by atoms with Crippen molar-refractivity contribution in [3.8, 4) is 0 Å². The Hall–Kier alpha value is -0.830. The maximum absolute atomic E-state index is 10.9. The molecule has 33 heavy (non-hydrogen) atoms. The molecule has 0 radical (unpaired) electrons. The van der Waals surface area contributed by atoms with E-state index in [2.05, 4.69) is 53.3 Å². The summed E-state index contributed by atoms with van der Waals surface area (Å²) in [6.07, 6.45) is 13.9. The van der Waals surface area contributed by atoms with Gasteiger partial charge in [-0.1, -0.05) is 46.8 Å². The fourth-order valence-electron chi connectivity index (χ4n) is 11.5. The molecule has 0 spiro atoms. The molecule has 0 aromatic rings. The van der Waals surface area contributed by atoms with Gasteiger partial charge in [-0.3, -0.25) is 0 Å². The number of aliphatic hydroxyl groups is 1. The third-order valence-electron chi connectivity index (χ3n) is 13.4. The number of fused-ring (bicyclic) bond motifs is 7. The van der Waals surface area contributed by atoms with Crippen molar-refractivity contribution in [2.75, 3.05) is 0 Å². The minimum absolute atomic E-state index is 0.0158. The normalized spacial score (nSPS) is 55.4. The van der Waals surface area contributed by atoms with Crippen LogP contribution in [0, 0.1) is 56.7 Å². The van der Waals surface area contributed by atoms with Crippen LogP contribution < -0.4 is 0 Å². The highest BCUT2D eigenvalue weighted by Gasteiger charge is 2.70. The van der Waals surface area contributed by atoms with Gasteiger partial charge in [-0.2, -0.15) is 0 Å². The first kappa shape index (κ1) is 23.9. The number of rotatable bonds is 2. The summed E-state index contributed by atoms with van der Waals surface area (Å²) >= 11 is 0. The van der Waals surface area contributed by atoms with Crippen molar-refractivity contribution in [1.29, 1.82) is 0 Å². The smallest absolute Gasteiger partial charge is 0.0594 e. The topological polar surface area (TPSA) is 52.8 Å². The lowest BCUT2D eigenvalue weighted by molar-refractivity contribution is -0.243. The first-order valence-corrected chi connectivity index (χ1v) is 13.9. The van der Waals surface area contributed by atoms with E-state index in [0.717, 1.165) is 25.2 Å². The second kappa shape index (κ2) is 7.34. The Bertz CT molecular complexity index is 848. The molecule has 5 saturated carbocycles. The maximum atomic E-state index is 10.9. The molecule has 2 N–H and O–H groups in total. The van der Waals surface area contributed by atoms with Gasteiger partial charge in [-0.15, -0.1) is 5.16 Å². The Morgan fingerprint density at radius 1 is 0.848 bits per heavy atom. The number of hydrogen-bond donors (Lipinski definition) is 2. The van der Waals surface area contributed by atoms with Crippen LogP contribution in [0.2, 0.25) is 0 Å². The zero-order chi connectivity index (χ0) is 24.0. The highest BCUT2D eigenvalue weighted by Crippen LogP contribution is 2.77. The fourth-order valence-corrected chi connectivity index (χ4v) is 11.5. The Morgan fingerprint density at radius 2 is 1.58 bits per heavy atom. The predicted molar refractivity (Wildman–Crippen MR) is 135 cm³/mol. The average Bonchev–Trinajstić information content (AvgIpc) is 3.12. The van der Waals surface area contributed by atoms with E-state index in [-0.39, 0.29) is 16.9 Å². The lowest BCUT2D eigenvalue weighted by atomic mass is 9.32. The first-order chi connectivity index (χ1) is 15.4. The quantitative estimate of drug-likeness (QED) is 0.196. The van der Waals surface area contributed by atoms with Gasteiger partial charge in [0.15, 0.2) is 0 Å². The molecule has 5 fully saturated rings. The highest BCUT2D eigenvalue weighted by molar-refractivity contribution is 5.67. The van der Waals surface area contributed by atoms with Gasteiger partial charge in [0.1, 0.15) is 0 Å². The van der Waals surface area contributed by atoms with E-state index in [1.54, 1.807) is 0 Å². The minimum atomic E-state index is -0.158. The van der Waals surface area contributed by atoms with E-state index in [1.807, 2.05) is 6.21 Å². The van der Waals surface area contributed by atoms with Gasteiger partial charge >= 0.3 is 0 Å². The van der Waals surface area contributed by atoms with Crippen molar-refractivity contribution < 1.29 is 10.3 Å². The molecule has 10 atom stereocenters. The zero-order valence-electron chi connectivity index (χ0n) is 22.2. The Morgan fingerprint density at radius 3 is 2.24 bits per heavy atom. The van der Waals surface area contributed by atoms with Crippen LogP contribution in [0.3, 0.4) is 0 Å². The summed E-state index contributed by atoms with van der Waals surface area (Å²) in [5, 5.41) is 24.2. The molecule has 0 amide bonds. The Balaban J connectivity index is 1.56. The predicted octanol–water partition coefficient (Wildman–Crippen LogP) is 7.46. The molecule has 5 rings (SSSR count). The van der Waals surface area contributed by atoms with Crippen LogP contribution >= 0.6 is 0 Å². The highest BCUT2D eigenvalue weighted by atomic mass is 16.4. The van der Waals surface area contributed by atoms with Gasteiger partial charge in [-0.05, 0) is 122 Å². The standard InChI is InChI=1S/C30H49NO2/c1-19(2)20-10-15-30(18-31-33)17-16-28(6)21(25(20)30)8-9-23-27(5)13-12-24(32)26(3,4)22(27)11-14-29(23,28)7/h18,20-25,32-33H,1,8-17H2,2-7H3/t20-,21?,22?,23?,24?,25?,27-,28+,29+,30?/m0/s1. The van der Waals surface area contributed by atoms with Crippen molar-refractivity contribution in [3.63, 3.8) is 0 Å². The monoisotopic (exact) mass is 455 g/mol. The number of allylic oxidation sites excluding steroid dienone is 1.